The molecule has 1 aliphatic heterocycles. The zero-order chi connectivity index (χ0) is 10.2. The monoisotopic (exact) mass is 184 g/mol. The van der Waals surface area contributed by atoms with Crippen LogP contribution < -0.4 is 0 Å². The van der Waals surface area contributed by atoms with Crippen LogP contribution in [0.1, 0.15) is 41.0 Å². The second kappa shape index (κ2) is 3.66. The third-order valence-electron chi connectivity index (χ3n) is 2.44. The van der Waals surface area contributed by atoms with Crippen LogP contribution in [0.4, 0.5) is 0 Å². The molecule has 3 heteroatoms. The fourth-order valence-corrected chi connectivity index (χ4v) is 2.09. The molecule has 0 aromatic carbocycles. The van der Waals surface area contributed by atoms with Gasteiger partial charge in [0.15, 0.2) is 0 Å². The molecule has 0 N–H and O–H groups in total. The number of hydrazine groups is 1. The molecule has 1 aliphatic rings. The lowest BCUT2D eigenvalue weighted by molar-refractivity contribution is -0.145. The van der Waals surface area contributed by atoms with Crippen molar-refractivity contribution in [2.75, 3.05) is 0 Å². The fraction of sp³-hybridized carbons (Fsp3) is 0.900. The lowest BCUT2D eigenvalue weighted by Crippen LogP contribution is -2.49. The van der Waals surface area contributed by atoms with E-state index in [0.29, 0.717) is 18.5 Å². The molecule has 0 aliphatic carbocycles. The van der Waals surface area contributed by atoms with E-state index in [1.807, 2.05) is 5.01 Å². The van der Waals surface area contributed by atoms with Crippen LogP contribution in [-0.2, 0) is 4.79 Å². The summed E-state index contributed by atoms with van der Waals surface area (Å²) in [5.74, 6) is 0.260. The normalized spacial score (nSPS) is 25.3. The summed E-state index contributed by atoms with van der Waals surface area (Å²) in [6.45, 7) is 10.5. The van der Waals surface area contributed by atoms with Gasteiger partial charge in [-0.1, -0.05) is 0 Å². The highest BCUT2D eigenvalue weighted by Gasteiger charge is 2.37. The van der Waals surface area contributed by atoms with Crippen LogP contribution in [0.25, 0.3) is 0 Å². The number of carbonyl (C=O) groups is 1. The molecule has 1 unspecified atom stereocenters. The van der Waals surface area contributed by atoms with Crippen LogP contribution in [0.2, 0.25) is 0 Å². The zero-order valence-corrected chi connectivity index (χ0v) is 9.24. The molecule has 1 fully saturated rings. The highest BCUT2D eigenvalue weighted by molar-refractivity contribution is 5.78. The molecule has 3 nitrogen and oxygen atoms in total. The summed E-state index contributed by atoms with van der Waals surface area (Å²) in [6, 6.07) is 1.04. The minimum Gasteiger partial charge on any atom is -0.273 e. The molecule has 1 saturated heterocycles. The molecule has 76 valence electrons. The number of hydrogen-bond donors (Lipinski definition) is 0. The van der Waals surface area contributed by atoms with Crippen molar-refractivity contribution in [2.24, 2.45) is 0 Å². The van der Waals surface area contributed by atoms with Crippen molar-refractivity contribution in [1.82, 2.24) is 10.0 Å². The lowest BCUT2D eigenvalue weighted by atomic mass is 10.2. The third-order valence-corrected chi connectivity index (χ3v) is 2.44. The van der Waals surface area contributed by atoms with Gasteiger partial charge in [-0.2, -0.15) is 0 Å². The van der Waals surface area contributed by atoms with Crippen molar-refractivity contribution in [3.8, 4) is 0 Å². The summed E-state index contributed by atoms with van der Waals surface area (Å²) >= 11 is 0. The van der Waals surface area contributed by atoms with Crippen molar-refractivity contribution in [1.29, 1.82) is 0 Å². The first-order valence-corrected chi connectivity index (χ1v) is 5.05. The van der Waals surface area contributed by atoms with Crippen LogP contribution in [0.3, 0.4) is 0 Å². The number of rotatable bonds is 2. The Bertz CT molecular complexity index is 201. The van der Waals surface area contributed by atoms with E-state index in [1.165, 1.54) is 0 Å². The lowest BCUT2D eigenvalue weighted by Gasteiger charge is -2.36. The number of carbonyl (C=O) groups excluding carboxylic acids is 1. The highest BCUT2D eigenvalue weighted by atomic mass is 16.2. The maximum atomic E-state index is 11.6. The average molecular weight is 184 g/mol. The van der Waals surface area contributed by atoms with Crippen LogP contribution in [0, 0.1) is 0 Å². The molecular formula is C10H20N2O. The van der Waals surface area contributed by atoms with Crippen LogP contribution in [-0.4, -0.2) is 34.1 Å². The molecule has 0 radical (unpaired) electrons. The SMILES string of the molecule is CC(C)N1C(=O)CC(C)N1C(C)C. The van der Waals surface area contributed by atoms with E-state index >= 15 is 0 Å². The predicted octanol–water partition coefficient (Wildman–Crippen LogP) is 1.64. The van der Waals surface area contributed by atoms with Gasteiger partial charge < -0.3 is 0 Å². The topological polar surface area (TPSA) is 23.6 Å². The standard InChI is InChI=1S/C10H20N2O/c1-7(2)11-9(5)6-10(13)12(11)8(3)4/h7-9H,6H2,1-5H3. The number of hydrogen-bond acceptors (Lipinski definition) is 2. The molecular weight excluding hydrogens is 164 g/mol. The zero-order valence-electron chi connectivity index (χ0n) is 9.24. The van der Waals surface area contributed by atoms with E-state index in [4.69, 9.17) is 0 Å². The Morgan fingerprint density at radius 2 is 1.77 bits per heavy atom. The molecule has 1 atom stereocenters. The van der Waals surface area contributed by atoms with Gasteiger partial charge in [-0.05, 0) is 34.6 Å². The summed E-state index contributed by atoms with van der Waals surface area (Å²) < 4.78 is 0. The van der Waals surface area contributed by atoms with Gasteiger partial charge in [-0.15, -0.1) is 0 Å². The van der Waals surface area contributed by atoms with Crippen molar-refractivity contribution in [3.63, 3.8) is 0 Å². The Balaban J connectivity index is 2.83. The van der Waals surface area contributed by atoms with Gasteiger partial charge in [0, 0.05) is 24.5 Å². The Hall–Kier alpha value is -0.570. The molecule has 13 heavy (non-hydrogen) atoms. The summed E-state index contributed by atoms with van der Waals surface area (Å²) in [4.78, 5) is 11.6. The predicted molar refractivity (Wildman–Crippen MR) is 53.0 cm³/mol. The molecule has 0 spiro atoms. The molecule has 0 saturated carbocycles. The first-order chi connectivity index (χ1) is 5.95. The van der Waals surface area contributed by atoms with E-state index in [2.05, 4.69) is 39.6 Å². The number of nitrogens with zero attached hydrogens (tertiary/aromatic N) is 2. The maximum absolute atomic E-state index is 11.6. The Morgan fingerprint density at radius 1 is 1.23 bits per heavy atom. The minimum absolute atomic E-state index is 0.260. The molecule has 1 rings (SSSR count). The van der Waals surface area contributed by atoms with Crippen LogP contribution in [0.15, 0.2) is 0 Å². The third kappa shape index (κ3) is 1.85. The second-order valence-corrected chi connectivity index (χ2v) is 4.36. The van der Waals surface area contributed by atoms with Gasteiger partial charge in [0.2, 0.25) is 5.91 Å². The van der Waals surface area contributed by atoms with Gasteiger partial charge in [0.1, 0.15) is 0 Å². The van der Waals surface area contributed by atoms with Gasteiger partial charge in [-0.3, -0.25) is 9.80 Å². The van der Waals surface area contributed by atoms with E-state index in [-0.39, 0.29) is 11.9 Å². The van der Waals surface area contributed by atoms with Gasteiger partial charge >= 0.3 is 0 Å². The van der Waals surface area contributed by atoms with Crippen molar-refractivity contribution in [3.05, 3.63) is 0 Å². The first-order valence-electron chi connectivity index (χ1n) is 5.05. The summed E-state index contributed by atoms with van der Waals surface area (Å²) in [5.41, 5.74) is 0. The van der Waals surface area contributed by atoms with E-state index in [0.717, 1.165) is 0 Å². The largest absolute Gasteiger partial charge is 0.273 e. The van der Waals surface area contributed by atoms with Crippen molar-refractivity contribution < 1.29 is 4.79 Å². The van der Waals surface area contributed by atoms with Gasteiger partial charge in [0.25, 0.3) is 0 Å². The van der Waals surface area contributed by atoms with E-state index < -0.39 is 0 Å². The maximum Gasteiger partial charge on any atom is 0.238 e. The van der Waals surface area contributed by atoms with Crippen molar-refractivity contribution >= 4 is 5.91 Å². The Kier molecular flexibility index (Phi) is 2.96. The highest BCUT2D eigenvalue weighted by Crippen LogP contribution is 2.24. The van der Waals surface area contributed by atoms with E-state index in [1.54, 1.807) is 0 Å². The average Bonchev–Trinajstić information content (AvgIpc) is 2.24. The molecule has 1 amide bonds. The summed E-state index contributed by atoms with van der Waals surface area (Å²) in [7, 11) is 0. The summed E-state index contributed by atoms with van der Waals surface area (Å²) in [5, 5.41) is 4.09. The minimum atomic E-state index is 0.260. The smallest absolute Gasteiger partial charge is 0.238 e. The molecule has 1 heterocycles. The van der Waals surface area contributed by atoms with Crippen LogP contribution >= 0.6 is 0 Å². The van der Waals surface area contributed by atoms with Crippen molar-refractivity contribution in [2.45, 2.75) is 59.2 Å². The Labute approximate surface area is 80.7 Å². The first kappa shape index (κ1) is 10.5. The fourth-order valence-electron chi connectivity index (χ4n) is 2.09. The molecule has 0 bridgehead atoms. The summed E-state index contributed by atoms with van der Waals surface area (Å²) in [6.07, 6.45) is 0.663. The van der Waals surface area contributed by atoms with Gasteiger partial charge in [-0.25, -0.2) is 5.01 Å². The van der Waals surface area contributed by atoms with Crippen LogP contribution in [0.5, 0.6) is 0 Å². The molecule has 0 aromatic heterocycles. The second-order valence-electron chi connectivity index (χ2n) is 4.36. The number of amides is 1. The molecule has 0 aromatic rings. The van der Waals surface area contributed by atoms with E-state index in [9.17, 15) is 4.79 Å². The van der Waals surface area contributed by atoms with Gasteiger partial charge in [0.05, 0.1) is 0 Å². The Morgan fingerprint density at radius 3 is 2.08 bits per heavy atom. The quantitative estimate of drug-likeness (QED) is 0.651.